The Morgan fingerprint density at radius 2 is 1.18 bits per heavy atom. The molecule has 2 amide bonds. The lowest BCUT2D eigenvalue weighted by Gasteiger charge is -2.09. The summed E-state index contributed by atoms with van der Waals surface area (Å²) in [6, 6.07) is 2.16. The van der Waals surface area contributed by atoms with Crippen LogP contribution < -0.4 is 16.0 Å². The molecule has 0 heterocycles. The second-order valence-corrected chi connectivity index (χ2v) is 8.82. The van der Waals surface area contributed by atoms with E-state index in [1.54, 1.807) is 0 Å². The molecule has 0 saturated heterocycles. The molecule has 8 heteroatoms. The van der Waals surface area contributed by atoms with E-state index in [0.717, 1.165) is 57.1 Å². The molecule has 0 saturated carbocycles. The molecule has 0 aliphatic rings. The number of aromatic hydroxyl groups is 3. The lowest BCUT2D eigenvalue weighted by molar-refractivity contribution is -0.121. The lowest BCUT2D eigenvalue weighted by atomic mass is 10.1. The van der Waals surface area contributed by atoms with Crippen molar-refractivity contribution in [3.63, 3.8) is 0 Å². The molecule has 0 aromatic heterocycles. The van der Waals surface area contributed by atoms with Crippen LogP contribution in [0.1, 0.15) is 68.6 Å². The summed E-state index contributed by atoms with van der Waals surface area (Å²) in [6.45, 7) is 4.01. The molecule has 6 N–H and O–H groups in total. The van der Waals surface area contributed by atoms with Crippen molar-refractivity contribution in [1.82, 2.24) is 16.0 Å². The number of rotatable bonds is 20. The second-order valence-electron chi connectivity index (χ2n) is 8.82. The van der Waals surface area contributed by atoms with E-state index >= 15 is 0 Å². The van der Waals surface area contributed by atoms with Gasteiger partial charge in [0.1, 0.15) is 0 Å². The molecule has 0 bridgehead atoms. The first-order valence-electron chi connectivity index (χ1n) is 13.7. The highest BCUT2D eigenvalue weighted by Crippen LogP contribution is 2.35. The topological polar surface area (TPSA) is 131 Å². The van der Waals surface area contributed by atoms with E-state index in [4.69, 9.17) is 0 Å². The first-order chi connectivity index (χ1) is 19.0. The third kappa shape index (κ3) is 17.4. The Hall–Kier alpha value is -3.78. The van der Waals surface area contributed by atoms with Gasteiger partial charge in [0.25, 0.3) is 5.91 Å². The third-order valence-corrected chi connectivity index (χ3v) is 5.48. The van der Waals surface area contributed by atoms with E-state index in [2.05, 4.69) is 83.6 Å². The SMILES string of the molecule is CC/C=C\C/C=C\C/C=C\C/C=C\C/C=C\CCCC(=O)NCCNCCNC(=O)c1cc(O)c(O)c(O)c1. The standard InChI is InChI=1S/C31H45N3O5/c1-2-3-4-5-6-7-8-9-10-11-12-13-14-15-16-17-18-19-29(37)33-22-20-32-21-23-34-31(39)26-24-27(35)30(38)28(36)25-26/h3-4,6-7,9-10,12-13,15-16,24-25,32,35-36,38H,2,5,8,11,14,17-23H2,1H3,(H,33,37)(H,34,39)/b4-3-,7-6-,10-9-,13-12-,16-15-. The van der Waals surface area contributed by atoms with Gasteiger partial charge < -0.3 is 31.3 Å². The smallest absolute Gasteiger partial charge is 0.251 e. The zero-order valence-corrected chi connectivity index (χ0v) is 23.1. The number of phenolic OH excluding ortho intramolecular Hbond substituents is 3. The van der Waals surface area contributed by atoms with Crippen LogP contribution in [0.5, 0.6) is 17.2 Å². The van der Waals surface area contributed by atoms with Crippen LogP contribution in [0.25, 0.3) is 0 Å². The van der Waals surface area contributed by atoms with Crippen molar-refractivity contribution in [1.29, 1.82) is 0 Å². The summed E-state index contributed by atoms with van der Waals surface area (Å²) in [4.78, 5) is 23.9. The molecule has 0 aliphatic heterocycles. The van der Waals surface area contributed by atoms with Crippen LogP contribution in [0.3, 0.4) is 0 Å². The van der Waals surface area contributed by atoms with Gasteiger partial charge in [0, 0.05) is 38.2 Å². The molecule has 1 aromatic rings. The Balaban J connectivity index is 1.97. The highest BCUT2D eigenvalue weighted by atomic mass is 16.3. The fourth-order valence-electron chi connectivity index (χ4n) is 3.35. The maximum atomic E-state index is 12.0. The maximum Gasteiger partial charge on any atom is 0.251 e. The van der Waals surface area contributed by atoms with Crippen LogP contribution in [0, 0.1) is 0 Å². The second kappa shape index (κ2) is 22.2. The van der Waals surface area contributed by atoms with Crippen molar-refractivity contribution in [3.05, 3.63) is 78.5 Å². The lowest BCUT2D eigenvalue weighted by Crippen LogP contribution is -2.36. The number of phenols is 3. The summed E-state index contributed by atoms with van der Waals surface area (Å²) in [5.41, 5.74) is 0.0413. The molecule has 39 heavy (non-hydrogen) atoms. The van der Waals surface area contributed by atoms with Crippen LogP contribution in [0.2, 0.25) is 0 Å². The number of amides is 2. The number of hydrogen-bond donors (Lipinski definition) is 6. The normalized spacial score (nSPS) is 12.0. The van der Waals surface area contributed by atoms with E-state index in [0.29, 0.717) is 32.6 Å². The van der Waals surface area contributed by atoms with Gasteiger partial charge >= 0.3 is 0 Å². The summed E-state index contributed by atoms with van der Waals surface area (Å²) in [6.07, 6.45) is 28.7. The minimum atomic E-state index is -0.663. The summed E-state index contributed by atoms with van der Waals surface area (Å²) in [7, 11) is 0. The van der Waals surface area contributed by atoms with Gasteiger partial charge in [-0.25, -0.2) is 0 Å². The number of hydrogen-bond acceptors (Lipinski definition) is 6. The van der Waals surface area contributed by atoms with Gasteiger partial charge in [0.05, 0.1) is 0 Å². The monoisotopic (exact) mass is 539 g/mol. The highest BCUT2D eigenvalue weighted by Gasteiger charge is 2.12. The maximum absolute atomic E-state index is 12.0. The Kier molecular flexibility index (Phi) is 18.9. The van der Waals surface area contributed by atoms with Crippen molar-refractivity contribution in [3.8, 4) is 17.2 Å². The molecule has 0 spiro atoms. The van der Waals surface area contributed by atoms with Crippen LogP contribution in [0.15, 0.2) is 72.9 Å². The number of carbonyl (C=O) groups excluding carboxylic acids is 2. The van der Waals surface area contributed by atoms with Gasteiger partial charge in [-0.15, -0.1) is 0 Å². The van der Waals surface area contributed by atoms with Crippen molar-refractivity contribution >= 4 is 11.8 Å². The van der Waals surface area contributed by atoms with E-state index < -0.39 is 23.2 Å². The van der Waals surface area contributed by atoms with Gasteiger partial charge in [0.15, 0.2) is 17.2 Å². The average molecular weight is 540 g/mol. The number of carbonyl (C=O) groups is 2. The van der Waals surface area contributed by atoms with Crippen molar-refractivity contribution < 1.29 is 24.9 Å². The largest absolute Gasteiger partial charge is 0.504 e. The molecular formula is C31H45N3O5. The Morgan fingerprint density at radius 3 is 1.72 bits per heavy atom. The summed E-state index contributed by atoms with van der Waals surface area (Å²) in [5, 5.41) is 36.9. The predicted octanol–water partition coefficient (Wildman–Crippen LogP) is 5.16. The van der Waals surface area contributed by atoms with E-state index in [9.17, 15) is 24.9 Å². The minimum absolute atomic E-state index is 0.0180. The van der Waals surface area contributed by atoms with Crippen LogP contribution in [-0.4, -0.2) is 53.3 Å². The van der Waals surface area contributed by atoms with E-state index in [1.807, 2.05) is 0 Å². The van der Waals surface area contributed by atoms with E-state index in [1.165, 1.54) is 0 Å². The highest BCUT2D eigenvalue weighted by molar-refractivity contribution is 5.95. The molecule has 1 rings (SSSR count). The average Bonchev–Trinajstić information content (AvgIpc) is 2.92. The van der Waals surface area contributed by atoms with Gasteiger partial charge in [-0.05, 0) is 57.1 Å². The Morgan fingerprint density at radius 1 is 0.692 bits per heavy atom. The van der Waals surface area contributed by atoms with Crippen molar-refractivity contribution in [2.45, 2.75) is 58.3 Å². The molecule has 1 aromatic carbocycles. The molecule has 0 atom stereocenters. The zero-order valence-electron chi connectivity index (χ0n) is 23.1. The first-order valence-corrected chi connectivity index (χ1v) is 13.7. The molecule has 0 radical (unpaired) electrons. The summed E-state index contributed by atoms with van der Waals surface area (Å²) >= 11 is 0. The predicted molar refractivity (Wildman–Crippen MR) is 158 cm³/mol. The quantitative estimate of drug-likeness (QED) is 0.0771. The number of benzene rings is 1. The first kappa shape index (κ1) is 33.2. The molecular weight excluding hydrogens is 494 g/mol. The van der Waals surface area contributed by atoms with Gasteiger partial charge in [0.2, 0.25) is 5.91 Å². The van der Waals surface area contributed by atoms with Crippen LogP contribution >= 0.6 is 0 Å². The fraction of sp³-hybridized carbons (Fsp3) is 0.419. The Labute approximate surface area is 232 Å². The third-order valence-electron chi connectivity index (χ3n) is 5.48. The van der Waals surface area contributed by atoms with Crippen molar-refractivity contribution in [2.24, 2.45) is 0 Å². The summed E-state index contributed by atoms with van der Waals surface area (Å²) < 4.78 is 0. The molecule has 0 unspecified atom stereocenters. The molecule has 214 valence electrons. The van der Waals surface area contributed by atoms with E-state index in [-0.39, 0.29) is 11.5 Å². The number of allylic oxidation sites excluding steroid dienone is 10. The molecule has 0 aliphatic carbocycles. The molecule has 0 fully saturated rings. The minimum Gasteiger partial charge on any atom is -0.504 e. The van der Waals surface area contributed by atoms with Gasteiger partial charge in [-0.1, -0.05) is 67.7 Å². The fourth-order valence-corrected chi connectivity index (χ4v) is 3.35. The number of unbranched alkanes of at least 4 members (excludes halogenated alkanes) is 1. The van der Waals surface area contributed by atoms with Gasteiger partial charge in [-0.3, -0.25) is 9.59 Å². The molecule has 8 nitrogen and oxygen atoms in total. The number of nitrogens with one attached hydrogen (secondary N) is 3. The van der Waals surface area contributed by atoms with Crippen molar-refractivity contribution in [2.75, 3.05) is 26.2 Å². The zero-order chi connectivity index (χ0) is 28.6. The van der Waals surface area contributed by atoms with Crippen LogP contribution in [-0.2, 0) is 4.79 Å². The van der Waals surface area contributed by atoms with Gasteiger partial charge in [-0.2, -0.15) is 0 Å². The summed E-state index contributed by atoms with van der Waals surface area (Å²) in [5.74, 6) is -2.25. The Bertz CT molecular complexity index is 973. The van der Waals surface area contributed by atoms with Crippen LogP contribution in [0.4, 0.5) is 0 Å².